The first kappa shape index (κ1) is 12.9. The summed E-state index contributed by atoms with van der Waals surface area (Å²) >= 11 is 0. The molecule has 2 aromatic rings. The Labute approximate surface area is 125 Å². The Morgan fingerprint density at radius 2 is 1.95 bits per heavy atom. The Kier molecular flexibility index (Phi) is 3.17. The Morgan fingerprint density at radius 3 is 2.71 bits per heavy atom. The van der Waals surface area contributed by atoms with E-state index >= 15 is 0 Å². The van der Waals surface area contributed by atoms with Gasteiger partial charge in [-0.05, 0) is 48.1 Å². The molecule has 0 radical (unpaired) electrons. The highest BCUT2D eigenvalue weighted by molar-refractivity contribution is 5.44. The molecule has 0 heterocycles. The minimum atomic E-state index is 0.141. The summed E-state index contributed by atoms with van der Waals surface area (Å²) in [4.78, 5) is 0. The van der Waals surface area contributed by atoms with Gasteiger partial charge in [0.05, 0.1) is 12.1 Å². The summed E-state index contributed by atoms with van der Waals surface area (Å²) in [6.45, 7) is 0. The van der Waals surface area contributed by atoms with Gasteiger partial charge in [-0.1, -0.05) is 36.4 Å². The normalized spacial score (nSPS) is 21.3. The highest BCUT2D eigenvalue weighted by Crippen LogP contribution is 2.43. The summed E-state index contributed by atoms with van der Waals surface area (Å²) in [6.07, 6.45) is 3.87. The molecule has 1 fully saturated rings. The maximum absolute atomic E-state index is 5.89. The van der Waals surface area contributed by atoms with Crippen LogP contribution in [0, 0.1) is 0 Å². The van der Waals surface area contributed by atoms with Crippen LogP contribution >= 0.6 is 0 Å². The third-order valence-corrected chi connectivity index (χ3v) is 4.52. The lowest BCUT2D eigenvalue weighted by Gasteiger charge is -2.36. The van der Waals surface area contributed by atoms with Gasteiger partial charge in [-0.25, -0.2) is 0 Å². The van der Waals surface area contributed by atoms with Crippen molar-refractivity contribution in [2.24, 2.45) is 5.84 Å². The number of benzene rings is 2. The van der Waals surface area contributed by atoms with E-state index in [0.29, 0.717) is 12.0 Å². The Bertz CT molecular complexity index is 651. The standard InChI is InChI=1S/C18H20N2O/c19-20-18(17-11-12-4-1-2-7-16(12)17)13-5-3-6-15(10-13)21-14-8-9-14/h1-7,10,14,17-18,20H,8-9,11,19H2. The van der Waals surface area contributed by atoms with E-state index in [1.165, 1.54) is 29.5 Å². The zero-order valence-corrected chi connectivity index (χ0v) is 12.0. The van der Waals surface area contributed by atoms with Crippen LogP contribution < -0.4 is 16.0 Å². The van der Waals surface area contributed by atoms with Crippen molar-refractivity contribution in [1.29, 1.82) is 0 Å². The molecule has 2 aliphatic rings. The molecule has 2 aromatic carbocycles. The predicted molar refractivity (Wildman–Crippen MR) is 83.0 cm³/mol. The van der Waals surface area contributed by atoms with Crippen molar-refractivity contribution < 1.29 is 4.74 Å². The molecule has 1 saturated carbocycles. The molecule has 0 bridgehead atoms. The molecule has 0 spiro atoms. The molecule has 4 rings (SSSR count). The molecule has 2 atom stereocenters. The fraction of sp³-hybridized carbons (Fsp3) is 0.333. The van der Waals surface area contributed by atoms with E-state index < -0.39 is 0 Å². The second kappa shape index (κ2) is 5.17. The van der Waals surface area contributed by atoms with E-state index in [4.69, 9.17) is 10.6 Å². The minimum Gasteiger partial charge on any atom is -0.490 e. The van der Waals surface area contributed by atoms with Crippen LogP contribution in [-0.2, 0) is 6.42 Å². The number of ether oxygens (including phenoxy) is 1. The lowest BCUT2D eigenvalue weighted by atomic mass is 9.72. The molecule has 3 nitrogen and oxygen atoms in total. The molecule has 0 saturated heterocycles. The van der Waals surface area contributed by atoms with Crippen LogP contribution in [0.5, 0.6) is 5.75 Å². The van der Waals surface area contributed by atoms with Crippen LogP contribution in [0.25, 0.3) is 0 Å². The van der Waals surface area contributed by atoms with Gasteiger partial charge in [0.15, 0.2) is 0 Å². The van der Waals surface area contributed by atoms with Crippen LogP contribution in [0.3, 0.4) is 0 Å². The topological polar surface area (TPSA) is 47.3 Å². The maximum atomic E-state index is 5.89. The molecular formula is C18H20N2O. The first-order chi connectivity index (χ1) is 10.3. The lowest BCUT2D eigenvalue weighted by molar-refractivity contribution is 0.302. The van der Waals surface area contributed by atoms with Crippen molar-refractivity contribution >= 4 is 0 Å². The SMILES string of the molecule is NNC(c1cccc(OC2CC2)c1)C1Cc2ccccc21. The summed E-state index contributed by atoms with van der Waals surface area (Å²) in [5.74, 6) is 7.25. The van der Waals surface area contributed by atoms with Crippen molar-refractivity contribution in [3.8, 4) is 5.75 Å². The van der Waals surface area contributed by atoms with Gasteiger partial charge in [0.1, 0.15) is 5.75 Å². The molecule has 0 aliphatic heterocycles. The Morgan fingerprint density at radius 1 is 1.10 bits per heavy atom. The van der Waals surface area contributed by atoms with Crippen molar-refractivity contribution in [2.75, 3.05) is 0 Å². The Balaban J connectivity index is 1.59. The van der Waals surface area contributed by atoms with Gasteiger partial charge < -0.3 is 4.74 Å². The van der Waals surface area contributed by atoms with E-state index in [-0.39, 0.29) is 6.04 Å². The first-order valence-electron chi connectivity index (χ1n) is 7.65. The summed E-state index contributed by atoms with van der Waals surface area (Å²) in [7, 11) is 0. The highest BCUT2D eigenvalue weighted by Gasteiger charge is 2.33. The average Bonchev–Trinajstić information content (AvgIpc) is 3.29. The summed E-state index contributed by atoms with van der Waals surface area (Å²) < 4.78 is 5.89. The number of nitrogens with two attached hydrogens (primary N) is 1. The summed E-state index contributed by atoms with van der Waals surface area (Å²) in [5.41, 5.74) is 7.05. The quantitative estimate of drug-likeness (QED) is 0.653. The van der Waals surface area contributed by atoms with Crippen LogP contribution in [0.2, 0.25) is 0 Å². The van der Waals surface area contributed by atoms with Crippen LogP contribution in [-0.4, -0.2) is 6.10 Å². The molecule has 0 aromatic heterocycles. The molecule has 3 N–H and O–H groups in total. The van der Waals surface area contributed by atoms with Gasteiger partial charge in [-0.2, -0.15) is 0 Å². The smallest absolute Gasteiger partial charge is 0.120 e. The van der Waals surface area contributed by atoms with Crippen molar-refractivity contribution in [2.45, 2.75) is 37.3 Å². The number of rotatable bonds is 5. The molecule has 2 aliphatic carbocycles. The third kappa shape index (κ3) is 2.43. The van der Waals surface area contributed by atoms with E-state index in [0.717, 1.165) is 12.2 Å². The van der Waals surface area contributed by atoms with Crippen molar-refractivity contribution in [1.82, 2.24) is 5.43 Å². The van der Waals surface area contributed by atoms with Gasteiger partial charge >= 0.3 is 0 Å². The molecule has 21 heavy (non-hydrogen) atoms. The second-order valence-electron chi connectivity index (χ2n) is 6.04. The molecule has 2 unspecified atom stereocenters. The van der Waals surface area contributed by atoms with E-state index in [2.05, 4.69) is 47.9 Å². The summed E-state index contributed by atoms with van der Waals surface area (Å²) in [5, 5.41) is 0. The molecule has 3 heteroatoms. The number of hydrogen-bond donors (Lipinski definition) is 2. The maximum Gasteiger partial charge on any atom is 0.120 e. The first-order valence-corrected chi connectivity index (χ1v) is 7.65. The zero-order valence-electron chi connectivity index (χ0n) is 12.0. The lowest BCUT2D eigenvalue weighted by Crippen LogP contribution is -2.37. The minimum absolute atomic E-state index is 0.141. The van der Waals surface area contributed by atoms with E-state index in [1.54, 1.807) is 0 Å². The monoisotopic (exact) mass is 280 g/mol. The van der Waals surface area contributed by atoms with Crippen molar-refractivity contribution in [3.05, 3.63) is 65.2 Å². The van der Waals surface area contributed by atoms with Gasteiger partial charge in [0, 0.05) is 5.92 Å². The number of fused-ring (bicyclic) bond motifs is 1. The fourth-order valence-corrected chi connectivity index (χ4v) is 3.20. The largest absolute Gasteiger partial charge is 0.490 e. The van der Waals surface area contributed by atoms with Gasteiger partial charge in [0.2, 0.25) is 0 Å². The fourth-order valence-electron chi connectivity index (χ4n) is 3.20. The van der Waals surface area contributed by atoms with E-state index in [9.17, 15) is 0 Å². The third-order valence-electron chi connectivity index (χ3n) is 4.52. The molecule has 108 valence electrons. The molecular weight excluding hydrogens is 260 g/mol. The average molecular weight is 280 g/mol. The summed E-state index contributed by atoms with van der Waals surface area (Å²) in [6, 6.07) is 17.1. The number of nitrogens with one attached hydrogen (secondary N) is 1. The second-order valence-corrected chi connectivity index (χ2v) is 6.04. The van der Waals surface area contributed by atoms with Gasteiger partial charge in [-0.3, -0.25) is 11.3 Å². The highest BCUT2D eigenvalue weighted by atomic mass is 16.5. The van der Waals surface area contributed by atoms with E-state index in [1.807, 2.05) is 6.07 Å². The Hall–Kier alpha value is -1.84. The van der Waals surface area contributed by atoms with Crippen molar-refractivity contribution in [3.63, 3.8) is 0 Å². The van der Waals surface area contributed by atoms with Crippen LogP contribution in [0.1, 0.15) is 41.5 Å². The number of hydrogen-bond acceptors (Lipinski definition) is 3. The van der Waals surface area contributed by atoms with Crippen LogP contribution in [0.15, 0.2) is 48.5 Å². The number of hydrazine groups is 1. The van der Waals surface area contributed by atoms with Gasteiger partial charge in [-0.15, -0.1) is 0 Å². The molecule has 0 amide bonds. The predicted octanol–water partition coefficient (Wildman–Crippen LogP) is 3.07. The zero-order chi connectivity index (χ0) is 14.2. The van der Waals surface area contributed by atoms with Crippen LogP contribution in [0.4, 0.5) is 0 Å². The van der Waals surface area contributed by atoms with Gasteiger partial charge in [0.25, 0.3) is 0 Å².